The number of carbonyl (C=O) groups is 1. The molecule has 1 saturated carbocycles. The maximum atomic E-state index is 14.4. The smallest absolute Gasteiger partial charge is 0.299 e. The molecule has 6 heteroatoms. The van der Waals surface area contributed by atoms with E-state index in [9.17, 15) is 22.0 Å². The second-order valence-electron chi connectivity index (χ2n) is 8.88. The Balaban J connectivity index is 2.11. The molecule has 0 saturated heterocycles. The summed E-state index contributed by atoms with van der Waals surface area (Å²) in [4.78, 5) is 12.2. The molecule has 0 radical (unpaired) electrons. The zero-order valence-electron chi connectivity index (χ0n) is 15.9. The monoisotopic (exact) mass is 376 g/mol. The fourth-order valence-electron chi connectivity index (χ4n) is 4.44. The van der Waals surface area contributed by atoms with Gasteiger partial charge in [0.2, 0.25) is 9.84 Å². The van der Waals surface area contributed by atoms with E-state index in [1.54, 1.807) is 0 Å². The van der Waals surface area contributed by atoms with Crippen LogP contribution in [0.15, 0.2) is 11.6 Å². The Morgan fingerprint density at radius 1 is 1.32 bits per heavy atom. The molecular formula is C19H30F2O3S. The number of Topliss-reactive ketones (excluding diaryl/α,β-unsaturated/α-hetero) is 1. The molecule has 3 nitrogen and oxygen atoms in total. The third kappa shape index (κ3) is 3.43. The maximum Gasteiger partial charge on any atom is 0.346 e. The van der Waals surface area contributed by atoms with Crippen LogP contribution in [0.3, 0.4) is 0 Å². The summed E-state index contributed by atoms with van der Waals surface area (Å²) in [6.07, 6.45) is 4.49. The molecule has 0 aromatic heterocycles. The van der Waals surface area contributed by atoms with Crippen LogP contribution in [0.5, 0.6) is 0 Å². The molecule has 2 rings (SSSR count). The number of sulfone groups is 1. The van der Waals surface area contributed by atoms with Gasteiger partial charge < -0.3 is 0 Å². The van der Waals surface area contributed by atoms with Gasteiger partial charge in [-0.2, -0.15) is 8.78 Å². The summed E-state index contributed by atoms with van der Waals surface area (Å²) in [5, 5.41) is -3.73. The molecule has 0 N–H and O–H groups in total. The van der Waals surface area contributed by atoms with Crippen LogP contribution in [0, 0.1) is 17.3 Å². The van der Waals surface area contributed by atoms with Crippen LogP contribution < -0.4 is 0 Å². The maximum absolute atomic E-state index is 14.4. The van der Waals surface area contributed by atoms with E-state index < -0.39 is 26.3 Å². The molecule has 2 aliphatic carbocycles. The number of rotatable bonds is 5. The number of carbonyl (C=O) groups excluding carboxylic acids is 1. The average molecular weight is 377 g/mol. The van der Waals surface area contributed by atoms with Gasteiger partial charge in [-0.15, -0.1) is 0 Å². The summed E-state index contributed by atoms with van der Waals surface area (Å²) in [5.41, 5.74) is 0.821. The summed E-state index contributed by atoms with van der Waals surface area (Å²) in [6, 6.07) is 0. The van der Waals surface area contributed by atoms with Gasteiger partial charge in [0.05, 0.1) is 4.75 Å². The first-order valence-corrected chi connectivity index (χ1v) is 10.6. The van der Waals surface area contributed by atoms with Crippen molar-refractivity contribution >= 4 is 15.6 Å². The van der Waals surface area contributed by atoms with Crippen molar-refractivity contribution in [2.24, 2.45) is 17.3 Å². The minimum Gasteiger partial charge on any atom is -0.299 e. The zero-order chi connectivity index (χ0) is 19.3. The van der Waals surface area contributed by atoms with E-state index in [0.29, 0.717) is 12.8 Å². The van der Waals surface area contributed by atoms with Crippen molar-refractivity contribution in [3.63, 3.8) is 0 Å². The number of hydrogen-bond donors (Lipinski definition) is 0. The second-order valence-corrected chi connectivity index (χ2v) is 11.7. The predicted molar refractivity (Wildman–Crippen MR) is 95.2 cm³/mol. The Labute approximate surface area is 150 Å². The molecule has 1 unspecified atom stereocenters. The van der Waals surface area contributed by atoms with Crippen molar-refractivity contribution in [3.05, 3.63) is 11.6 Å². The molecule has 0 aromatic rings. The molecular weight excluding hydrogens is 346 g/mol. The van der Waals surface area contributed by atoms with Gasteiger partial charge in [-0.05, 0) is 57.8 Å². The highest BCUT2D eigenvalue weighted by Gasteiger charge is 2.52. The molecule has 144 valence electrons. The molecule has 0 bridgehead atoms. The summed E-state index contributed by atoms with van der Waals surface area (Å²) in [7, 11) is -4.55. The highest BCUT2D eigenvalue weighted by Crippen LogP contribution is 2.54. The highest BCUT2D eigenvalue weighted by atomic mass is 32.2. The van der Waals surface area contributed by atoms with Crippen LogP contribution in [0.4, 0.5) is 8.78 Å². The van der Waals surface area contributed by atoms with Gasteiger partial charge in [-0.3, -0.25) is 4.79 Å². The third-order valence-electron chi connectivity index (χ3n) is 6.11. The lowest BCUT2D eigenvalue weighted by atomic mass is 9.63. The summed E-state index contributed by atoms with van der Waals surface area (Å²) < 4.78 is 51.5. The summed E-state index contributed by atoms with van der Waals surface area (Å²) in [5.74, 6) is 0.0901. The van der Waals surface area contributed by atoms with Gasteiger partial charge in [0, 0.05) is 18.8 Å². The SMILES string of the molecule is C[C@H](CCC(F)(F)S(=O)(=O)C(C)(C)C)C1=CCC2C(=O)CCC[C@]12C. The molecule has 3 atom stereocenters. The quantitative estimate of drug-likeness (QED) is 0.640. The first-order chi connectivity index (χ1) is 11.2. The lowest BCUT2D eigenvalue weighted by Gasteiger charge is -2.40. The van der Waals surface area contributed by atoms with Crippen LogP contribution >= 0.6 is 0 Å². The molecule has 0 aliphatic heterocycles. The second kappa shape index (κ2) is 6.43. The van der Waals surface area contributed by atoms with Crippen LogP contribution in [-0.4, -0.2) is 24.2 Å². The molecule has 0 heterocycles. The number of fused-ring (bicyclic) bond motifs is 1. The first kappa shape index (κ1) is 20.5. The first-order valence-electron chi connectivity index (χ1n) is 9.09. The number of halogens is 2. The van der Waals surface area contributed by atoms with E-state index in [0.717, 1.165) is 18.4 Å². The topological polar surface area (TPSA) is 51.2 Å². The molecule has 25 heavy (non-hydrogen) atoms. The van der Waals surface area contributed by atoms with Gasteiger partial charge in [0.25, 0.3) is 0 Å². The van der Waals surface area contributed by atoms with Gasteiger partial charge >= 0.3 is 5.25 Å². The summed E-state index contributed by atoms with van der Waals surface area (Å²) >= 11 is 0. The van der Waals surface area contributed by atoms with E-state index in [-0.39, 0.29) is 29.5 Å². The van der Waals surface area contributed by atoms with Crippen molar-refractivity contribution in [2.75, 3.05) is 0 Å². The van der Waals surface area contributed by atoms with Crippen LogP contribution in [-0.2, 0) is 14.6 Å². The fourth-order valence-corrected chi connectivity index (χ4v) is 5.72. The van der Waals surface area contributed by atoms with Gasteiger partial charge in [0.1, 0.15) is 5.78 Å². The van der Waals surface area contributed by atoms with Crippen molar-refractivity contribution < 1.29 is 22.0 Å². The minimum absolute atomic E-state index is 0.0301. The van der Waals surface area contributed by atoms with Crippen molar-refractivity contribution in [2.45, 2.75) is 83.1 Å². The van der Waals surface area contributed by atoms with Crippen molar-refractivity contribution in [1.82, 2.24) is 0 Å². The Bertz CT molecular complexity index is 673. The number of alkyl halides is 2. The third-order valence-corrected chi connectivity index (χ3v) is 8.71. The lowest BCUT2D eigenvalue weighted by Crippen LogP contribution is -2.42. The zero-order valence-corrected chi connectivity index (χ0v) is 16.7. The van der Waals surface area contributed by atoms with Gasteiger partial charge in [-0.1, -0.05) is 25.5 Å². The molecule has 1 fully saturated rings. The molecule has 2 aliphatic rings. The Hall–Kier alpha value is -0.780. The standard InChI is InChI=1S/C19H30F2O3S/c1-13(10-12-19(20,21)25(23,24)17(2,3)4)14-8-9-15-16(22)7-6-11-18(14,15)5/h8,13,15H,6-7,9-12H2,1-5H3/t13-,15?,18-/m1/s1. The predicted octanol–water partition coefficient (Wildman–Crippen LogP) is 4.91. The fraction of sp³-hybridized carbons (Fsp3) is 0.842. The Kier molecular flexibility index (Phi) is 5.28. The van der Waals surface area contributed by atoms with Crippen LogP contribution in [0.2, 0.25) is 0 Å². The highest BCUT2D eigenvalue weighted by molar-refractivity contribution is 7.93. The van der Waals surface area contributed by atoms with E-state index in [1.807, 2.05) is 13.0 Å². The van der Waals surface area contributed by atoms with E-state index >= 15 is 0 Å². The van der Waals surface area contributed by atoms with Crippen LogP contribution in [0.1, 0.15) is 73.1 Å². The van der Waals surface area contributed by atoms with E-state index in [2.05, 4.69) is 6.92 Å². The average Bonchev–Trinajstić information content (AvgIpc) is 2.82. The van der Waals surface area contributed by atoms with E-state index in [1.165, 1.54) is 20.8 Å². The number of hydrogen-bond acceptors (Lipinski definition) is 3. The lowest BCUT2D eigenvalue weighted by molar-refractivity contribution is -0.128. The Morgan fingerprint density at radius 3 is 2.48 bits per heavy atom. The van der Waals surface area contributed by atoms with E-state index in [4.69, 9.17) is 0 Å². The van der Waals surface area contributed by atoms with Crippen LogP contribution in [0.25, 0.3) is 0 Å². The minimum atomic E-state index is -4.55. The van der Waals surface area contributed by atoms with Gasteiger partial charge in [0.15, 0.2) is 0 Å². The van der Waals surface area contributed by atoms with Crippen molar-refractivity contribution in [3.8, 4) is 0 Å². The largest absolute Gasteiger partial charge is 0.346 e. The Morgan fingerprint density at radius 2 is 1.92 bits per heavy atom. The molecule has 0 aromatic carbocycles. The van der Waals surface area contributed by atoms with Crippen molar-refractivity contribution in [1.29, 1.82) is 0 Å². The number of allylic oxidation sites excluding steroid dienone is 2. The number of ketones is 1. The van der Waals surface area contributed by atoms with Gasteiger partial charge in [-0.25, -0.2) is 8.42 Å². The normalized spacial score (nSPS) is 29.3. The molecule has 0 spiro atoms. The molecule has 0 amide bonds. The summed E-state index contributed by atoms with van der Waals surface area (Å²) in [6.45, 7) is 7.85.